The summed E-state index contributed by atoms with van der Waals surface area (Å²) in [5.74, 6) is -0.374. The number of ketones is 1. The highest BCUT2D eigenvalue weighted by atomic mass is 28.4. The Kier molecular flexibility index (Phi) is 28.7. The van der Waals surface area contributed by atoms with E-state index in [1.807, 2.05) is 6.08 Å². The van der Waals surface area contributed by atoms with Gasteiger partial charge in [-0.2, -0.15) is 0 Å². The zero-order valence-corrected chi connectivity index (χ0v) is 70.0. The summed E-state index contributed by atoms with van der Waals surface area (Å²) in [5.41, 5.74) is 2.04. The fourth-order valence-corrected chi connectivity index (χ4v) is 19.0. The number of carbonyl (C=O) groups excluding carboxylic acids is 2. The molecule has 0 radical (unpaired) electrons. The van der Waals surface area contributed by atoms with Crippen LogP contribution in [0, 0.1) is 11.8 Å². The second-order valence-electron chi connectivity index (χ2n) is 36.7. The first-order chi connectivity index (χ1) is 42.8. The first kappa shape index (κ1) is 83.4. The average molecular weight is 1410 g/mol. The molecule has 5 aliphatic rings. The van der Waals surface area contributed by atoms with E-state index in [4.69, 9.17) is 55.3 Å². The van der Waals surface area contributed by atoms with Crippen LogP contribution in [0.3, 0.4) is 0 Å². The highest BCUT2D eigenvalue weighted by molar-refractivity contribution is 6.76. The number of ether oxygens (including phenoxy) is 7. The van der Waals surface area contributed by atoms with Crippen molar-refractivity contribution in [2.24, 2.45) is 11.8 Å². The summed E-state index contributed by atoms with van der Waals surface area (Å²) in [6, 6.07) is 0. The lowest BCUT2D eigenvalue weighted by Gasteiger charge is -2.56. The van der Waals surface area contributed by atoms with Crippen molar-refractivity contribution in [1.82, 2.24) is 0 Å². The minimum atomic E-state index is -2.53. The van der Waals surface area contributed by atoms with Gasteiger partial charge >= 0.3 is 5.97 Å². The van der Waals surface area contributed by atoms with E-state index < -0.39 is 90.4 Å². The van der Waals surface area contributed by atoms with E-state index in [0.29, 0.717) is 45.1 Å². The van der Waals surface area contributed by atoms with E-state index in [-0.39, 0.29) is 104 Å². The van der Waals surface area contributed by atoms with E-state index in [9.17, 15) is 4.79 Å². The molecule has 5 aliphatic heterocycles. The Morgan fingerprint density at radius 2 is 1.16 bits per heavy atom. The van der Waals surface area contributed by atoms with Gasteiger partial charge in [0.1, 0.15) is 30.5 Å². The van der Waals surface area contributed by atoms with E-state index in [1.54, 1.807) is 7.11 Å². The van der Waals surface area contributed by atoms with Gasteiger partial charge in [-0.25, -0.2) is 0 Å². The third-order valence-electron chi connectivity index (χ3n) is 24.3. The van der Waals surface area contributed by atoms with Gasteiger partial charge in [0.2, 0.25) is 0 Å². The van der Waals surface area contributed by atoms with Gasteiger partial charge in [0.05, 0.1) is 73.6 Å². The second kappa shape index (κ2) is 32.4. The van der Waals surface area contributed by atoms with Gasteiger partial charge in [-0.05, 0) is 172 Å². The lowest BCUT2D eigenvalue weighted by Crippen LogP contribution is -2.69. The van der Waals surface area contributed by atoms with Gasteiger partial charge in [-0.3, -0.25) is 9.59 Å². The molecule has 5 heterocycles. The topological polar surface area (TPSA) is 145 Å². The standard InChI is InChI=1S/C75H140O14Si5/c1-33-53(76)38-36-35-37-49(3)57(78-22)41-39-54-45-50(4)51(5)60(80-54)47-62-66(52(6)65-63(82-62)48-61(87-92(27,28)73(13,14)15)58(83-65)43-44-79-90(23,24)71(7,8)9)85-64(77)46-55-40-42-59-68(81-55)70(89-94(31,32)75(19,20)21)69(88-93(29,30)74(16,17)18)67(84-59)56(34-2)86-91(25,26)72(10,11)12/h33-34,50,52,54-63,65-70H,1-3,5,35-48H2,4,6-32H3/t50?,52-,54?,55?,56?,57-,58?,59?,60?,61?,62-,63?,65?,66?,67-,68?,69?,70?/m0/s1. The summed E-state index contributed by atoms with van der Waals surface area (Å²) in [6.45, 7) is 79.2. The van der Waals surface area contributed by atoms with Crippen molar-refractivity contribution in [2.75, 3.05) is 13.7 Å². The first-order valence-electron chi connectivity index (χ1n) is 36.3. The molecule has 0 N–H and O–H groups in total. The molecule has 0 aromatic rings. The van der Waals surface area contributed by atoms with Gasteiger partial charge in [-0.1, -0.05) is 144 Å². The molecule has 0 spiro atoms. The fraction of sp³-hybridized carbons (Fsp3) is 0.867. The van der Waals surface area contributed by atoms with Crippen molar-refractivity contribution in [3.05, 3.63) is 49.6 Å². The lowest BCUT2D eigenvalue weighted by molar-refractivity contribution is -0.275. The molecule has 94 heavy (non-hydrogen) atoms. The molecule has 19 heteroatoms. The summed E-state index contributed by atoms with van der Waals surface area (Å²) >= 11 is 0. The molecule has 0 aliphatic carbocycles. The average Bonchev–Trinajstić information content (AvgIpc) is 0.753. The molecular weight excluding hydrogens is 1270 g/mol. The molecular formula is C75H140O14Si5. The van der Waals surface area contributed by atoms with Crippen LogP contribution in [0.2, 0.25) is 90.7 Å². The SMILES string of the molecule is C=CC(=O)CCCCC(=C)[C@H](CCC1CC(C)C(=C)C(C[C@@H]2OC3CC(O[Si](C)(C)C(C)(C)C)C(CCO[Si](C)(C)C(C)(C)C)OC3[C@H](C)C2OC(=O)CC2CCC3O[C@@H](C(C=C)O[Si](C)(C)C(C)(C)C)C(O[Si](C)(C)C(C)(C)C)C(O[Si](C)(C)C(C)(C)C)C3O2)O1)OC. The Balaban J connectivity index is 1.51. The lowest BCUT2D eigenvalue weighted by atomic mass is 9.79. The molecule has 14 unspecified atom stereocenters. The number of allylic oxidation sites excluding steroid dienone is 1. The van der Waals surface area contributed by atoms with Crippen molar-refractivity contribution in [3.63, 3.8) is 0 Å². The van der Waals surface area contributed by atoms with Crippen LogP contribution in [-0.4, -0.2) is 165 Å². The molecule has 14 nitrogen and oxygen atoms in total. The van der Waals surface area contributed by atoms with Gasteiger partial charge in [0.15, 0.2) is 47.4 Å². The van der Waals surface area contributed by atoms with Crippen molar-refractivity contribution < 1.29 is 64.9 Å². The van der Waals surface area contributed by atoms with E-state index >= 15 is 4.79 Å². The molecule has 0 saturated carbocycles. The van der Waals surface area contributed by atoms with Crippen LogP contribution in [0.25, 0.3) is 0 Å². The Labute approximate surface area is 579 Å². The number of hydrogen-bond donors (Lipinski definition) is 0. The van der Waals surface area contributed by atoms with Crippen molar-refractivity contribution in [1.29, 1.82) is 0 Å². The van der Waals surface area contributed by atoms with E-state index in [1.165, 1.54) is 6.08 Å². The summed E-state index contributed by atoms with van der Waals surface area (Å²) < 4.78 is 86.6. The Bertz CT molecular complexity index is 2520. The summed E-state index contributed by atoms with van der Waals surface area (Å²) in [4.78, 5) is 27.2. The molecule has 5 fully saturated rings. The number of unbranched alkanes of at least 4 members (excludes halogenated alkanes) is 1. The van der Waals surface area contributed by atoms with Crippen molar-refractivity contribution in [3.8, 4) is 0 Å². The predicted molar refractivity (Wildman–Crippen MR) is 397 cm³/mol. The fourth-order valence-electron chi connectivity index (χ4n) is 12.7. The molecule has 0 aromatic heterocycles. The molecule has 5 rings (SSSR count). The molecule has 18 atom stereocenters. The number of esters is 1. The third kappa shape index (κ3) is 21.2. The molecule has 0 aromatic carbocycles. The van der Waals surface area contributed by atoms with Crippen molar-refractivity contribution >= 4 is 53.3 Å². The summed E-state index contributed by atoms with van der Waals surface area (Å²) in [5, 5.41) is -0.306. The van der Waals surface area contributed by atoms with E-state index in [2.05, 4.69) is 209 Å². The molecule has 0 amide bonds. The van der Waals surface area contributed by atoms with Crippen LogP contribution < -0.4 is 0 Å². The largest absolute Gasteiger partial charge is 0.459 e. The number of carbonyl (C=O) groups is 2. The number of methoxy groups -OCH3 is 1. The second-order valence-corrected chi connectivity index (χ2v) is 60.5. The summed E-state index contributed by atoms with van der Waals surface area (Å²) in [7, 11) is -10.0. The van der Waals surface area contributed by atoms with Crippen LogP contribution >= 0.6 is 0 Å². The highest BCUT2D eigenvalue weighted by Crippen LogP contribution is 2.50. The molecule has 0 bridgehead atoms. The van der Waals surface area contributed by atoms with Crippen LogP contribution in [0.15, 0.2) is 49.6 Å². The Morgan fingerprint density at radius 3 is 1.70 bits per heavy atom. The van der Waals surface area contributed by atoms with Gasteiger partial charge in [0.25, 0.3) is 0 Å². The van der Waals surface area contributed by atoms with Crippen LogP contribution in [0.1, 0.15) is 201 Å². The third-order valence-corrected chi connectivity index (χ3v) is 46.8. The minimum Gasteiger partial charge on any atom is -0.459 e. The Hall–Kier alpha value is -1.26. The first-order valence-corrected chi connectivity index (χ1v) is 50.9. The van der Waals surface area contributed by atoms with Crippen LogP contribution in [-0.2, 0) is 64.9 Å². The maximum absolute atomic E-state index is 15.3. The van der Waals surface area contributed by atoms with Gasteiger partial charge in [0, 0.05) is 38.9 Å². The smallest absolute Gasteiger partial charge is 0.308 e. The zero-order valence-electron chi connectivity index (χ0n) is 65.0. The Morgan fingerprint density at radius 1 is 0.606 bits per heavy atom. The molecule has 544 valence electrons. The van der Waals surface area contributed by atoms with Gasteiger partial charge < -0.3 is 55.3 Å². The highest BCUT2D eigenvalue weighted by Gasteiger charge is 2.59. The van der Waals surface area contributed by atoms with Crippen LogP contribution in [0.5, 0.6) is 0 Å². The predicted octanol–water partition coefficient (Wildman–Crippen LogP) is 18.7. The number of rotatable bonds is 30. The number of fused-ring (bicyclic) bond motifs is 2. The van der Waals surface area contributed by atoms with Crippen molar-refractivity contribution in [2.45, 2.75) is 389 Å². The maximum atomic E-state index is 15.3. The monoisotopic (exact) mass is 1400 g/mol. The summed E-state index contributed by atoms with van der Waals surface area (Å²) in [6.07, 6.45) is 5.16. The quantitative estimate of drug-likeness (QED) is 0.0221. The maximum Gasteiger partial charge on any atom is 0.308 e. The molecule has 5 saturated heterocycles. The van der Waals surface area contributed by atoms with Crippen LogP contribution in [0.4, 0.5) is 0 Å². The zero-order chi connectivity index (χ0) is 71.5. The van der Waals surface area contributed by atoms with E-state index in [0.717, 1.165) is 49.7 Å². The normalized spacial score (nSPS) is 31.2. The minimum absolute atomic E-state index is 0.0301. The number of hydrogen-bond acceptors (Lipinski definition) is 14. The van der Waals surface area contributed by atoms with Gasteiger partial charge in [-0.15, -0.1) is 6.58 Å².